The first-order valence-corrected chi connectivity index (χ1v) is 21.7. The van der Waals surface area contributed by atoms with Crippen molar-refractivity contribution in [3.63, 3.8) is 0 Å². The van der Waals surface area contributed by atoms with E-state index in [9.17, 15) is 8.42 Å². The number of aryl methyl sites for hydroxylation is 3. The molecule has 4 heterocycles. The van der Waals surface area contributed by atoms with Crippen molar-refractivity contribution in [2.45, 2.75) is 32.9 Å². The van der Waals surface area contributed by atoms with Crippen LogP contribution in [0.25, 0.3) is 66.2 Å². The van der Waals surface area contributed by atoms with Crippen LogP contribution in [0.2, 0.25) is 0 Å². The number of hydrogen-bond acceptors (Lipinski definition) is 8. The van der Waals surface area contributed by atoms with Crippen molar-refractivity contribution in [3.05, 3.63) is 157 Å². The quantitative estimate of drug-likeness (QED) is 0.106. The molecule has 0 radical (unpaired) electrons. The van der Waals surface area contributed by atoms with Gasteiger partial charge in [-0.05, 0) is 97.8 Å². The molecule has 0 atom stereocenters. The standard InChI is InChI=1S/C47H40N8O4S/c1-3-52-42-13-7-5-11-38(42)40-29-35(19-22-44(40)52)55-46(31-49-51-55)32-16-20-37(21-17-32)59-47-15-9-4-10-33(47)24-26-53-43-14-8-6-12-39(43)41-28-34(18-23-45(41)53)54-36(30-48-50-54)25-27-58-60(2,56)57/h4-23,28-31H,3,24-27H2,1-2H3. The summed E-state index contributed by atoms with van der Waals surface area (Å²) < 4.78 is 42.9. The highest BCUT2D eigenvalue weighted by Gasteiger charge is 2.17. The molecule has 0 saturated heterocycles. The Kier molecular flexibility index (Phi) is 9.46. The fourth-order valence-corrected chi connectivity index (χ4v) is 8.74. The first-order chi connectivity index (χ1) is 29.3. The summed E-state index contributed by atoms with van der Waals surface area (Å²) in [5, 5.41) is 21.8. The van der Waals surface area contributed by atoms with E-state index in [0.29, 0.717) is 6.42 Å². The molecule has 60 heavy (non-hydrogen) atoms. The molecule has 10 aromatic rings. The van der Waals surface area contributed by atoms with Crippen molar-refractivity contribution < 1.29 is 17.3 Å². The minimum atomic E-state index is -3.54. The van der Waals surface area contributed by atoms with Gasteiger partial charge in [0.1, 0.15) is 11.5 Å². The molecule has 13 heteroatoms. The van der Waals surface area contributed by atoms with Crippen LogP contribution in [0.4, 0.5) is 0 Å². The zero-order valence-corrected chi connectivity index (χ0v) is 33.8. The molecule has 12 nitrogen and oxygen atoms in total. The summed E-state index contributed by atoms with van der Waals surface area (Å²) in [6.07, 6.45) is 5.56. The smallest absolute Gasteiger partial charge is 0.264 e. The van der Waals surface area contributed by atoms with Crippen LogP contribution in [-0.2, 0) is 40.2 Å². The molecule has 0 bridgehead atoms. The summed E-state index contributed by atoms with van der Waals surface area (Å²) in [7, 11) is -3.54. The number of rotatable bonds is 13. The number of hydrogen-bond donors (Lipinski definition) is 0. The van der Waals surface area contributed by atoms with Gasteiger partial charge in [-0.2, -0.15) is 8.42 Å². The van der Waals surface area contributed by atoms with Gasteiger partial charge in [-0.3, -0.25) is 4.18 Å². The average molecular weight is 813 g/mol. The van der Waals surface area contributed by atoms with E-state index in [2.05, 4.69) is 116 Å². The van der Waals surface area contributed by atoms with Gasteiger partial charge >= 0.3 is 0 Å². The van der Waals surface area contributed by atoms with Crippen LogP contribution in [0.1, 0.15) is 18.2 Å². The summed E-state index contributed by atoms with van der Waals surface area (Å²) >= 11 is 0. The van der Waals surface area contributed by atoms with Crippen LogP contribution >= 0.6 is 0 Å². The highest BCUT2D eigenvalue weighted by atomic mass is 32.2. The van der Waals surface area contributed by atoms with Crippen molar-refractivity contribution in [2.75, 3.05) is 12.9 Å². The summed E-state index contributed by atoms with van der Waals surface area (Å²) in [4.78, 5) is 0. The first-order valence-electron chi connectivity index (χ1n) is 19.9. The Morgan fingerprint density at radius 1 is 0.600 bits per heavy atom. The van der Waals surface area contributed by atoms with Gasteiger partial charge in [0, 0.05) is 68.7 Å². The number of para-hydroxylation sites is 3. The molecular weight excluding hydrogens is 773 g/mol. The molecule has 10 rings (SSSR count). The lowest BCUT2D eigenvalue weighted by atomic mass is 10.1. The summed E-state index contributed by atoms with van der Waals surface area (Å²) in [5.74, 6) is 1.54. The fraction of sp³-hybridized carbons (Fsp3) is 0.149. The van der Waals surface area contributed by atoms with E-state index in [1.165, 1.54) is 21.8 Å². The molecule has 0 aliphatic rings. The maximum atomic E-state index is 11.5. The van der Waals surface area contributed by atoms with Gasteiger partial charge in [0.05, 0.1) is 48.0 Å². The molecule has 0 spiro atoms. The third-order valence-electron chi connectivity index (χ3n) is 11.1. The van der Waals surface area contributed by atoms with Crippen molar-refractivity contribution in [3.8, 4) is 34.1 Å². The Morgan fingerprint density at radius 3 is 1.92 bits per heavy atom. The van der Waals surface area contributed by atoms with Crippen molar-refractivity contribution >= 4 is 53.7 Å². The molecule has 0 amide bonds. The number of aromatic nitrogens is 8. The Morgan fingerprint density at radius 2 is 1.20 bits per heavy atom. The lowest BCUT2D eigenvalue weighted by Crippen LogP contribution is -2.09. The zero-order valence-electron chi connectivity index (χ0n) is 33.0. The highest BCUT2D eigenvalue weighted by molar-refractivity contribution is 7.85. The summed E-state index contributed by atoms with van der Waals surface area (Å²) in [6, 6.07) is 45.9. The van der Waals surface area contributed by atoms with E-state index in [-0.39, 0.29) is 6.61 Å². The molecule has 0 unspecified atom stereocenters. The second kappa shape index (κ2) is 15.3. The largest absolute Gasteiger partial charge is 0.457 e. The predicted octanol–water partition coefficient (Wildman–Crippen LogP) is 9.30. The van der Waals surface area contributed by atoms with Gasteiger partial charge in [-0.25, -0.2) is 9.36 Å². The van der Waals surface area contributed by atoms with E-state index < -0.39 is 10.1 Å². The van der Waals surface area contributed by atoms with Crippen LogP contribution in [0.5, 0.6) is 11.5 Å². The van der Waals surface area contributed by atoms with Gasteiger partial charge in [0.2, 0.25) is 0 Å². The molecule has 298 valence electrons. The normalized spacial score (nSPS) is 12.0. The number of benzene rings is 6. The van der Waals surface area contributed by atoms with Crippen LogP contribution in [0.15, 0.2) is 146 Å². The molecule has 6 aromatic carbocycles. The molecule has 0 aliphatic carbocycles. The predicted molar refractivity (Wildman–Crippen MR) is 235 cm³/mol. The van der Waals surface area contributed by atoms with Crippen molar-refractivity contribution in [1.29, 1.82) is 0 Å². The monoisotopic (exact) mass is 812 g/mol. The van der Waals surface area contributed by atoms with E-state index in [1.807, 2.05) is 59.3 Å². The molecule has 0 N–H and O–H groups in total. The highest BCUT2D eigenvalue weighted by Crippen LogP contribution is 2.35. The third kappa shape index (κ3) is 6.87. The van der Waals surface area contributed by atoms with Gasteiger partial charge in [0.15, 0.2) is 0 Å². The first kappa shape index (κ1) is 37.2. The average Bonchev–Trinajstić information content (AvgIpc) is 4.07. The van der Waals surface area contributed by atoms with Gasteiger partial charge in [-0.15, -0.1) is 10.2 Å². The topological polar surface area (TPSA) is 124 Å². The molecule has 4 aromatic heterocycles. The molecular formula is C47H40N8O4S. The Bertz CT molecular complexity index is 3310. The minimum absolute atomic E-state index is 0.0132. The molecule has 0 aliphatic heterocycles. The lowest BCUT2D eigenvalue weighted by molar-refractivity contribution is 0.323. The molecule has 0 saturated carbocycles. The second-order valence-corrected chi connectivity index (χ2v) is 16.4. The lowest BCUT2D eigenvalue weighted by Gasteiger charge is -2.14. The van der Waals surface area contributed by atoms with E-state index in [1.54, 1.807) is 17.1 Å². The zero-order chi connectivity index (χ0) is 40.8. The van der Waals surface area contributed by atoms with E-state index >= 15 is 0 Å². The van der Waals surface area contributed by atoms with Gasteiger partial charge in [-0.1, -0.05) is 65.0 Å². The van der Waals surface area contributed by atoms with E-state index in [4.69, 9.17) is 8.92 Å². The van der Waals surface area contributed by atoms with Crippen LogP contribution in [-0.4, -0.2) is 60.4 Å². The van der Waals surface area contributed by atoms with Crippen molar-refractivity contribution in [1.82, 2.24) is 39.1 Å². The maximum absolute atomic E-state index is 11.5. The van der Waals surface area contributed by atoms with Crippen LogP contribution < -0.4 is 4.74 Å². The maximum Gasteiger partial charge on any atom is 0.264 e. The Labute approximate surface area is 345 Å². The summed E-state index contributed by atoms with van der Waals surface area (Å²) in [6.45, 7) is 3.81. The van der Waals surface area contributed by atoms with E-state index in [0.717, 1.165) is 93.0 Å². The number of nitrogens with zero attached hydrogens (tertiary/aromatic N) is 8. The minimum Gasteiger partial charge on any atom is -0.457 e. The van der Waals surface area contributed by atoms with Gasteiger partial charge in [0.25, 0.3) is 10.1 Å². The second-order valence-electron chi connectivity index (χ2n) is 14.8. The number of ether oxygens (including phenoxy) is 1. The van der Waals surface area contributed by atoms with Crippen molar-refractivity contribution in [2.24, 2.45) is 0 Å². The Balaban J connectivity index is 0.884. The SMILES string of the molecule is CCn1c2ccccc2c2cc(-n3nncc3-c3ccc(Oc4ccccc4CCn4c5ccccc5c5cc(-n6nncc6CCOS(C)(=O)=O)ccc54)cc3)ccc21. The molecule has 0 fully saturated rings. The number of fused-ring (bicyclic) bond motifs is 6. The Hall–Kier alpha value is -7.09. The summed E-state index contributed by atoms with van der Waals surface area (Å²) in [5.41, 5.74) is 10.1. The third-order valence-corrected chi connectivity index (χ3v) is 11.7. The fourth-order valence-electron chi connectivity index (χ4n) is 8.36. The van der Waals surface area contributed by atoms with Gasteiger partial charge < -0.3 is 13.9 Å². The van der Waals surface area contributed by atoms with Crippen LogP contribution in [0, 0.1) is 0 Å². The van der Waals surface area contributed by atoms with Crippen LogP contribution in [0.3, 0.4) is 0 Å².